The summed E-state index contributed by atoms with van der Waals surface area (Å²) in [6.45, 7) is 3.19. The van der Waals surface area contributed by atoms with Crippen LogP contribution in [-0.2, 0) is 6.54 Å². The molecular weight excluding hydrogens is 256 g/mol. The molecule has 0 aliphatic carbocycles. The molecule has 0 aromatic carbocycles. The van der Waals surface area contributed by atoms with E-state index in [4.69, 9.17) is 16.7 Å². The van der Waals surface area contributed by atoms with Gasteiger partial charge >= 0.3 is 6.09 Å². The van der Waals surface area contributed by atoms with Crippen LogP contribution in [0.1, 0.15) is 6.92 Å². The van der Waals surface area contributed by atoms with Gasteiger partial charge in [-0.15, -0.1) is 0 Å². The molecular formula is C11H13ClN4O2. The molecule has 96 valence electrons. The Balaban J connectivity index is 2.20. The van der Waals surface area contributed by atoms with Gasteiger partial charge in [-0.25, -0.2) is 14.8 Å². The Bertz CT molecular complexity index is 569. The molecule has 0 atom stereocenters. The first-order chi connectivity index (χ1) is 8.63. The summed E-state index contributed by atoms with van der Waals surface area (Å²) in [5.41, 5.74) is 1.49. The Morgan fingerprint density at radius 3 is 3.00 bits per heavy atom. The van der Waals surface area contributed by atoms with E-state index in [0.29, 0.717) is 24.8 Å². The Hall–Kier alpha value is -1.82. The SMILES string of the molecule is CCN(CCn1ccc2ncnc(Cl)c21)C(=O)O. The van der Waals surface area contributed by atoms with Crippen molar-refractivity contribution in [1.29, 1.82) is 0 Å². The van der Waals surface area contributed by atoms with E-state index >= 15 is 0 Å². The highest BCUT2D eigenvalue weighted by Crippen LogP contribution is 2.20. The highest BCUT2D eigenvalue weighted by atomic mass is 35.5. The number of fused-ring (bicyclic) bond motifs is 1. The lowest BCUT2D eigenvalue weighted by atomic mass is 10.4. The first kappa shape index (κ1) is 12.6. The van der Waals surface area contributed by atoms with E-state index < -0.39 is 6.09 Å². The molecule has 7 heteroatoms. The number of hydrogen-bond acceptors (Lipinski definition) is 3. The molecule has 0 aliphatic heterocycles. The van der Waals surface area contributed by atoms with Crippen molar-refractivity contribution in [2.45, 2.75) is 13.5 Å². The monoisotopic (exact) mass is 268 g/mol. The van der Waals surface area contributed by atoms with Crippen LogP contribution in [0.15, 0.2) is 18.6 Å². The van der Waals surface area contributed by atoms with E-state index in [1.54, 1.807) is 6.92 Å². The zero-order valence-electron chi connectivity index (χ0n) is 9.88. The van der Waals surface area contributed by atoms with Crippen LogP contribution in [0, 0.1) is 0 Å². The number of rotatable bonds is 4. The smallest absolute Gasteiger partial charge is 0.407 e. The lowest BCUT2D eigenvalue weighted by Gasteiger charge is -2.17. The highest BCUT2D eigenvalue weighted by molar-refractivity contribution is 6.33. The van der Waals surface area contributed by atoms with Crippen molar-refractivity contribution in [3.05, 3.63) is 23.7 Å². The predicted octanol–water partition coefficient (Wildman–Crippen LogP) is 2.08. The molecule has 1 amide bonds. The topological polar surface area (TPSA) is 71.2 Å². The van der Waals surface area contributed by atoms with Crippen LogP contribution < -0.4 is 0 Å². The lowest BCUT2D eigenvalue weighted by Crippen LogP contribution is -2.32. The van der Waals surface area contributed by atoms with Gasteiger partial charge in [0.05, 0.1) is 5.52 Å². The van der Waals surface area contributed by atoms with Gasteiger partial charge in [0, 0.05) is 25.8 Å². The van der Waals surface area contributed by atoms with E-state index in [1.165, 1.54) is 11.2 Å². The third kappa shape index (κ3) is 2.38. The van der Waals surface area contributed by atoms with Crippen molar-refractivity contribution in [1.82, 2.24) is 19.4 Å². The first-order valence-corrected chi connectivity index (χ1v) is 5.94. The van der Waals surface area contributed by atoms with E-state index in [-0.39, 0.29) is 0 Å². The Kier molecular flexibility index (Phi) is 3.66. The van der Waals surface area contributed by atoms with Crippen molar-refractivity contribution in [3.63, 3.8) is 0 Å². The van der Waals surface area contributed by atoms with Gasteiger partial charge in [0.1, 0.15) is 11.8 Å². The summed E-state index contributed by atoms with van der Waals surface area (Å²) < 4.78 is 1.86. The maximum atomic E-state index is 10.9. The average Bonchev–Trinajstić information content (AvgIpc) is 2.74. The molecule has 0 spiro atoms. The molecule has 0 saturated carbocycles. The van der Waals surface area contributed by atoms with Crippen molar-refractivity contribution in [2.75, 3.05) is 13.1 Å². The van der Waals surface area contributed by atoms with E-state index in [2.05, 4.69) is 9.97 Å². The van der Waals surface area contributed by atoms with E-state index in [1.807, 2.05) is 16.8 Å². The molecule has 0 unspecified atom stereocenters. The van der Waals surface area contributed by atoms with Crippen LogP contribution in [0.3, 0.4) is 0 Å². The van der Waals surface area contributed by atoms with Crippen LogP contribution in [0.5, 0.6) is 0 Å². The minimum Gasteiger partial charge on any atom is -0.465 e. The van der Waals surface area contributed by atoms with Crippen LogP contribution in [0.25, 0.3) is 11.0 Å². The average molecular weight is 269 g/mol. The van der Waals surface area contributed by atoms with Crippen molar-refractivity contribution in [3.8, 4) is 0 Å². The number of hydrogen-bond donors (Lipinski definition) is 1. The van der Waals surface area contributed by atoms with Crippen LogP contribution in [-0.4, -0.2) is 43.7 Å². The van der Waals surface area contributed by atoms with E-state index in [9.17, 15) is 4.79 Å². The van der Waals surface area contributed by atoms with Gasteiger partial charge in [-0.05, 0) is 13.0 Å². The number of amides is 1. The largest absolute Gasteiger partial charge is 0.465 e. The molecule has 2 aromatic heterocycles. The number of likely N-dealkylation sites (N-methyl/N-ethyl adjacent to an activating group) is 1. The van der Waals surface area contributed by atoms with Gasteiger partial charge in [0.25, 0.3) is 0 Å². The number of nitrogens with zero attached hydrogens (tertiary/aromatic N) is 4. The lowest BCUT2D eigenvalue weighted by molar-refractivity contribution is 0.146. The third-order valence-corrected chi connectivity index (χ3v) is 3.05. The molecule has 0 fully saturated rings. The van der Waals surface area contributed by atoms with Gasteiger partial charge in [0.2, 0.25) is 0 Å². The molecule has 0 bridgehead atoms. The maximum Gasteiger partial charge on any atom is 0.407 e. The number of aromatic nitrogens is 3. The molecule has 2 heterocycles. The fraction of sp³-hybridized carbons (Fsp3) is 0.364. The molecule has 0 aliphatic rings. The summed E-state index contributed by atoms with van der Waals surface area (Å²) in [7, 11) is 0. The minimum atomic E-state index is -0.920. The van der Waals surface area contributed by atoms with Crippen LogP contribution >= 0.6 is 11.6 Å². The molecule has 0 saturated heterocycles. The Morgan fingerprint density at radius 2 is 2.33 bits per heavy atom. The fourth-order valence-electron chi connectivity index (χ4n) is 1.80. The Morgan fingerprint density at radius 1 is 1.56 bits per heavy atom. The van der Waals surface area contributed by atoms with Crippen molar-refractivity contribution < 1.29 is 9.90 Å². The minimum absolute atomic E-state index is 0.378. The first-order valence-electron chi connectivity index (χ1n) is 5.56. The molecule has 18 heavy (non-hydrogen) atoms. The van der Waals surface area contributed by atoms with Gasteiger partial charge in [-0.3, -0.25) is 0 Å². The van der Waals surface area contributed by atoms with Gasteiger partial charge in [0.15, 0.2) is 5.15 Å². The summed E-state index contributed by atoms with van der Waals surface area (Å²) in [4.78, 5) is 20.2. The standard InChI is InChI=1S/C11H13ClN4O2/c1-2-15(11(17)18)5-6-16-4-3-8-9(16)10(12)14-7-13-8/h3-4,7H,2,5-6H2,1H3,(H,17,18). The van der Waals surface area contributed by atoms with Crippen LogP contribution in [0.2, 0.25) is 5.15 Å². The predicted molar refractivity (Wildman–Crippen MR) is 67.8 cm³/mol. The quantitative estimate of drug-likeness (QED) is 0.862. The molecule has 0 radical (unpaired) electrons. The normalized spacial score (nSPS) is 10.8. The summed E-state index contributed by atoms with van der Waals surface area (Å²) >= 11 is 6.01. The zero-order valence-corrected chi connectivity index (χ0v) is 10.6. The summed E-state index contributed by atoms with van der Waals surface area (Å²) in [5.74, 6) is 0. The van der Waals surface area contributed by atoms with Gasteiger partial charge < -0.3 is 14.6 Å². The molecule has 6 nitrogen and oxygen atoms in total. The highest BCUT2D eigenvalue weighted by Gasteiger charge is 2.11. The van der Waals surface area contributed by atoms with Gasteiger partial charge in [-0.1, -0.05) is 11.6 Å². The zero-order chi connectivity index (χ0) is 13.1. The van der Waals surface area contributed by atoms with E-state index in [0.717, 1.165) is 11.0 Å². The fourth-order valence-corrected chi connectivity index (χ4v) is 2.05. The molecule has 2 rings (SSSR count). The van der Waals surface area contributed by atoms with Crippen LogP contribution in [0.4, 0.5) is 4.79 Å². The second kappa shape index (κ2) is 5.22. The number of halogens is 1. The summed E-state index contributed by atoms with van der Waals surface area (Å²) in [5, 5.41) is 9.31. The second-order valence-electron chi connectivity index (χ2n) is 3.77. The summed E-state index contributed by atoms with van der Waals surface area (Å²) in [6, 6.07) is 1.83. The maximum absolute atomic E-state index is 10.9. The second-order valence-corrected chi connectivity index (χ2v) is 4.13. The Labute approximate surface area is 109 Å². The molecule has 2 aromatic rings. The number of carbonyl (C=O) groups is 1. The number of carboxylic acid groups (broad SMARTS) is 1. The van der Waals surface area contributed by atoms with Crippen molar-refractivity contribution >= 4 is 28.7 Å². The summed E-state index contributed by atoms with van der Waals surface area (Å²) in [6.07, 6.45) is 2.32. The third-order valence-electron chi connectivity index (χ3n) is 2.77. The van der Waals surface area contributed by atoms with Gasteiger partial charge in [-0.2, -0.15) is 0 Å². The van der Waals surface area contributed by atoms with Crippen molar-refractivity contribution in [2.24, 2.45) is 0 Å². The molecule has 1 N–H and O–H groups in total.